The van der Waals surface area contributed by atoms with Gasteiger partial charge in [0, 0.05) is 11.9 Å². The fourth-order valence-corrected chi connectivity index (χ4v) is 4.93. The van der Waals surface area contributed by atoms with Gasteiger partial charge >= 0.3 is 5.97 Å². The molecule has 0 radical (unpaired) electrons. The van der Waals surface area contributed by atoms with E-state index in [1.807, 2.05) is 21.1 Å². The van der Waals surface area contributed by atoms with Crippen LogP contribution in [-0.2, 0) is 23.1 Å². The molecule has 0 aliphatic carbocycles. The molecule has 246 valence electrons. The lowest BCUT2D eigenvalue weighted by atomic mass is 10.0. The summed E-state index contributed by atoms with van der Waals surface area (Å²) in [6.07, 6.45) is 13.4. The first-order chi connectivity index (χ1) is 21.0. The molecule has 0 saturated carbocycles. The number of esters is 1. The Bertz CT molecular complexity index is 800. The Morgan fingerprint density at radius 3 is 1.66 bits per heavy atom. The maximum absolute atomic E-state index is 11.9. The van der Waals surface area contributed by atoms with Crippen molar-refractivity contribution in [2.75, 3.05) is 47.5 Å². The van der Waals surface area contributed by atoms with Gasteiger partial charge in [-0.15, -0.1) is 0 Å². The molecular weight excluding hydrogens is 541 g/mol. The van der Waals surface area contributed by atoms with Crippen LogP contribution in [0, 0.1) is 0 Å². The summed E-state index contributed by atoms with van der Waals surface area (Å²) < 4.78 is 59.9. The second-order valence-corrected chi connectivity index (χ2v) is 13.6. The van der Waals surface area contributed by atoms with Gasteiger partial charge in [-0.2, -0.15) is 0 Å². The monoisotopic (exact) mass is 611 g/mol. The molecule has 0 amide bonds. The highest BCUT2D eigenvalue weighted by atomic mass is 31.2. The van der Waals surface area contributed by atoms with Crippen LogP contribution in [-0.4, -0.2) is 69.2 Å². The Morgan fingerprint density at radius 2 is 1.20 bits per heavy atom. The third-order valence-electron chi connectivity index (χ3n) is 6.84. The number of likely N-dealkylation sites (N-methyl/N-ethyl adjacent to an activating group) is 1. The molecule has 0 aliphatic rings. The molecule has 0 fully saturated rings. The van der Waals surface area contributed by atoms with Crippen LogP contribution in [0.3, 0.4) is 0 Å². The van der Waals surface area contributed by atoms with Crippen LogP contribution in [0.15, 0.2) is 0 Å². The van der Waals surface area contributed by atoms with Crippen molar-refractivity contribution in [1.29, 1.82) is 0 Å². The van der Waals surface area contributed by atoms with Crippen molar-refractivity contribution in [3.63, 3.8) is 0 Å². The Balaban J connectivity index is 3.80. The van der Waals surface area contributed by atoms with Crippen LogP contribution in [0.4, 0.5) is 0 Å². The molecule has 0 spiro atoms. The average molecular weight is 612 g/mol. The number of ether oxygens (including phenoxy) is 1. The molecule has 0 aromatic rings. The first-order valence-corrected chi connectivity index (χ1v) is 17.7. The second-order valence-electron chi connectivity index (χ2n) is 12.2. The number of aliphatic hydroxyl groups excluding tert-OH is 1. The van der Waals surface area contributed by atoms with Gasteiger partial charge in [-0.05, 0) is 6.42 Å². The molecule has 0 heterocycles. The van der Waals surface area contributed by atoms with Crippen molar-refractivity contribution < 1.29 is 43.1 Å². The van der Waals surface area contributed by atoms with Crippen LogP contribution in [0.5, 0.6) is 0 Å². The number of phosphoric acid groups is 1. The van der Waals surface area contributed by atoms with E-state index < -0.39 is 39.2 Å². The first-order valence-electron chi connectivity index (χ1n) is 18.3. The zero-order valence-corrected chi connectivity index (χ0v) is 27.7. The van der Waals surface area contributed by atoms with Gasteiger partial charge in [0.15, 0.2) is 0 Å². The molecule has 0 aliphatic heterocycles. The Kier molecular flexibility index (Phi) is 22.1. The molecule has 0 saturated heterocycles. The number of aliphatic hydroxyl groups is 1. The van der Waals surface area contributed by atoms with Gasteiger partial charge in [-0.1, -0.05) is 135 Å². The number of hydrogen-bond acceptors (Lipinski definition) is 7. The minimum absolute atomic E-state index is 0.0342. The molecule has 41 heavy (non-hydrogen) atoms. The van der Waals surface area contributed by atoms with Crippen LogP contribution in [0.1, 0.15) is 154 Å². The molecule has 0 bridgehead atoms. The summed E-state index contributed by atoms with van der Waals surface area (Å²) in [5, 5.41) is 9.86. The summed E-state index contributed by atoms with van der Waals surface area (Å²) in [6, 6.07) is 0. The molecule has 0 rings (SSSR count). The topological polar surface area (TPSA) is 105 Å². The summed E-state index contributed by atoms with van der Waals surface area (Å²) >= 11 is 0. The standard InChI is InChI=1S/C32H66NO7P/c1-5-6-7-8-9-10-11-12-13-14-15-16-17-18-19-20-21-22-23-24-25-26-32(35)38-29-31(34)30-40-41(36,37)39-28-27-33(2,3)4/h31,34H,5-30H2,1-4H3/t31-/m1/s1/i15D2,16D2. The summed E-state index contributed by atoms with van der Waals surface area (Å²) in [6.45, 7) is 1.75. The lowest BCUT2D eigenvalue weighted by Crippen LogP contribution is -2.37. The summed E-state index contributed by atoms with van der Waals surface area (Å²) in [5.74, 6) is -0.453. The number of phosphoric ester groups is 1. The molecule has 9 heteroatoms. The summed E-state index contributed by atoms with van der Waals surface area (Å²) in [5.41, 5.74) is 0. The Morgan fingerprint density at radius 1 is 0.756 bits per heavy atom. The van der Waals surface area contributed by atoms with E-state index in [1.165, 1.54) is 38.5 Å². The van der Waals surface area contributed by atoms with Gasteiger partial charge in [0.2, 0.25) is 0 Å². The van der Waals surface area contributed by atoms with Crippen LogP contribution >= 0.6 is 7.82 Å². The van der Waals surface area contributed by atoms with Gasteiger partial charge in [0.25, 0.3) is 7.82 Å². The van der Waals surface area contributed by atoms with E-state index in [1.54, 1.807) is 0 Å². The minimum Gasteiger partial charge on any atom is -0.756 e. The predicted molar refractivity (Wildman–Crippen MR) is 167 cm³/mol. The van der Waals surface area contributed by atoms with Crippen molar-refractivity contribution in [3.05, 3.63) is 0 Å². The maximum atomic E-state index is 11.9. The SMILES string of the molecule is [2H]C([2H])(CCCCCCCCCCC)C([2H])([2H])CCCCCCCCCCC(=O)OC[C@@H](O)COP(=O)([O-])OCC[N+](C)(C)C. The number of carbonyl (C=O) groups is 1. The van der Waals surface area contributed by atoms with Crippen molar-refractivity contribution in [1.82, 2.24) is 0 Å². The number of nitrogens with zero attached hydrogens (tertiary/aromatic N) is 1. The fraction of sp³-hybridized carbons (Fsp3) is 0.969. The van der Waals surface area contributed by atoms with Crippen molar-refractivity contribution in [3.8, 4) is 0 Å². The fourth-order valence-electron chi connectivity index (χ4n) is 4.19. The Hall–Kier alpha value is -0.500. The van der Waals surface area contributed by atoms with Crippen molar-refractivity contribution in [2.24, 2.45) is 0 Å². The number of rotatable bonds is 31. The molecular formula is C32H66NO7P. The van der Waals surface area contributed by atoms with E-state index in [4.69, 9.17) is 14.7 Å². The smallest absolute Gasteiger partial charge is 0.305 e. The van der Waals surface area contributed by atoms with E-state index in [0.717, 1.165) is 57.8 Å². The summed E-state index contributed by atoms with van der Waals surface area (Å²) in [7, 11) is 1.16. The largest absolute Gasteiger partial charge is 0.756 e. The molecule has 1 N–H and O–H groups in total. The highest BCUT2D eigenvalue weighted by Gasteiger charge is 2.16. The highest BCUT2D eigenvalue weighted by Crippen LogP contribution is 2.38. The second kappa shape index (κ2) is 27.1. The van der Waals surface area contributed by atoms with Gasteiger partial charge < -0.3 is 28.3 Å². The van der Waals surface area contributed by atoms with E-state index in [0.29, 0.717) is 23.9 Å². The Labute approximate surface area is 258 Å². The number of quaternary nitrogens is 1. The lowest BCUT2D eigenvalue weighted by Gasteiger charge is -2.27. The van der Waals surface area contributed by atoms with Gasteiger partial charge in [-0.3, -0.25) is 9.36 Å². The zero-order chi connectivity index (χ0) is 34.2. The normalized spacial score (nSPS) is 16.3. The molecule has 2 atom stereocenters. The first kappa shape index (κ1) is 33.4. The predicted octanol–water partition coefficient (Wildman–Crippen LogP) is 7.70. The van der Waals surface area contributed by atoms with E-state index >= 15 is 0 Å². The van der Waals surface area contributed by atoms with Crippen molar-refractivity contribution >= 4 is 13.8 Å². The third-order valence-corrected chi connectivity index (χ3v) is 7.80. The number of unbranched alkanes of at least 4 members (excludes halogenated alkanes) is 15. The van der Waals surface area contributed by atoms with Crippen LogP contribution in [0.2, 0.25) is 0 Å². The van der Waals surface area contributed by atoms with Crippen LogP contribution in [0.25, 0.3) is 0 Å². The van der Waals surface area contributed by atoms with Gasteiger partial charge in [0.1, 0.15) is 25.9 Å². The van der Waals surface area contributed by atoms with E-state index in [2.05, 4.69) is 11.4 Å². The minimum atomic E-state index is -4.53. The van der Waals surface area contributed by atoms with Crippen molar-refractivity contribution in [2.45, 2.75) is 154 Å². The number of carbonyl (C=O) groups excluding carboxylic acids is 1. The van der Waals surface area contributed by atoms with E-state index in [9.17, 15) is 19.4 Å². The zero-order valence-electron chi connectivity index (χ0n) is 30.8. The summed E-state index contributed by atoms with van der Waals surface area (Å²) in [4.78, 5) is 23.7. The molecule has 8 nitrogen and oxygen atoms in total. The molecule has 0 aromatic carbocycles. The van der Waals surface area contributed by atoms with E-state index in [-0.39, 0.29) is 32.5 Å². The maximum Gasteiger partial charge on any atom is 0.305 e. The quantitative estimate of drug-likeness (QED) is 0.0371. The van der Waals surface area contributed by atoms with Gasteiger partial charge in [0.05, 0.1) is 27.7 Å². The molecule has 1 unspecified atom stereocenters. The third kappa shape index (κ3) is 32.3. The van der Waals surface area contributed by atoms with Gasteiger partial charge in [-0.25, -0.2) is 0 Å². The average Bonchev–Trinajstić information content (AvgIpc) is 2.94. The number of hydrogen-bond donors (Lipinski definition) is 1. The van der Waals surface area contributed by atoms with Crippen LogP contribution < -0.4 is 4.89 Å². The molecule has 0 aromatic heterocycles. The lowest BCUT2D eigenvalue weighted by molar-refractivity contribution is -0.870. The highest BCUT2D eigenvalue weighted by molar-refractivity contribution is 7.45.